The maximum Gasteiger partial charge on any atom is 0.153 e. The van der Waals surface area contributed by atoms with Crippen molar-refractivity contribution in [3.63, 3.8) is 0 Å². The number of aliphatic imine (C=N–C) groups is 1. The van der Waals surface area contributed by atoms with Gasteiger partial charge in [0, 0.05) is 35.4 Å². The Morgan fingerprint density at radius 2 is 1.88 bits per heavy atom. The van der Waals surface area contributed by atoms with Gasteiger partial charge in [0.15, 0.2) is 5.82 Å². The summed E-state index contributed by atoms with van der Waals surface area (Å²) in [4.78, 5) is 14.1. The van der Waals surface area contributed by atoms with E-state index in [9.17, 15) is 0 Å². The number of hydrogen-bond acceptors (Lipinski definition) is 4. The highest BCUT2D eigenvalue weighted by Gasteiger charge is 2.00. The first-order valence-electron chi connectivity index (χ1n) is 6.84. The summed E-state index contributed by atoms with van der Waals surface area (Å²) >= 11 is 6.62. The van der Waals surface area contributed by atoms with E-state index in [1.54, 1.807) is 23.1 Å². The number of hydrogen-bond donors (Lipinski definition) is 0. The molecular formula is C16H14Br2N6. The maximum atomic E-state index is 8.69. The van der Waals surface area contributed by atoms with E-state index in [1.807, 2.05) is 49.5 Å². The Balaban J connectivity index is 0.000000174. The normalized spacial score (nSPS) is 10.3. The molecule has 0 N–H and O–H groups in total. The molecule has 3 heterocycles. The fraction of sp³-hybridized carbons (Fsp3) is 0.125. The van der Waals surface area contributed by atoms with Crippen LogP contribution < -0.4 is 0 Å². The second kappa shape index (κ2) is 8.57. The van der Waals surface area contributed by atoms with Gasteiger partial charge in [-0.15, -0.1) is 0 Å². The van der Waals surface area contributed by atoms with E-state index in [0.29, 0.717) is 11.5 Å². The Hall–Kier alpha value is -2.24. The van der Waals surface area contributed by atoms with Crippen molar-refractivity contribution in [3.8, 4) is 6.07 Å². The first-order valence-corrected chi connectivity index (χ1v) is 8.43. The number of pyridine rings is 2. The Bertz CT molecular complexity index is 878. The standard InChI is InChI=1S/C8H4BrN3.C8H10BrN3/c9-6-1-2-8-11-4-7(3-10)12(8)5-6;1-12(2)6-11-8-4-3-7(9)5-10-8/h1-2,4-5H;3-6H,1-2H3. The summed E-state index contributed by atoms with van der Waals surface area (Å²) in [6.07, 6.45) is 6.82. The van der Waals surface area contributed by atoms with Crippen LogP contribution in [0.2, 0.25) is 0 Å². The van der Waals surface area contributed by atoms with Crippen molar-refractivity contribution < 1.29 is 0 Å². The van der Waals surface area contributed by atoms with Crippen molar-refractivity contribution in [3.05, 3.63) is 57.5 Å². The van der Waals surface area contributed by atoms with Crippen LogP contribution in [0.4, 0.5) is 5.82 Å². The van der Waals surface area contributed by atoms with E-state index in [2.05, 4.69) is 52.9 Å². The van der Waals surface area contributed by atoms with Crippen molar-refractivity contribution in [2.75, 3.05) is 14.1 Å². The van der Waals surface area contributed by atoms with Crippen molar-refractivity contribution in [1.29, 1.82) is 5.26 Å². The molecule has 3 aromatic heterocycles. The molecule has 0 aliphatic rings. The van der Waals surface area contributed by atoms with Gasteiger partial charge in [0.25, 0.3) is 0 Å². The SMILES string of the molecule is CN(C)C=Nc1ccc(Br)cn1.N#Cc1cnc2ccc(Br)cn12. The lowest BCUT2D eigenvalue weighted by molar-refractivity contribution is 0.643. The third kappa shape index (κ3) is 5.15. The Kier molecular flexibility index (Phi) is 6.46. The molecule has 0 saturated carbocycles. The summed E-state index contributed by atoms with van der Waals surface area (Å²) in [5, 5.41) is 8.69. The molecular weight excluding hydrogens is 436 g/mol. The third-order valence-electron chi connectivity index (χ3n) is 2.72. The molecule has 6 nitrogen and oxygen atoms in total. The third-order valence-corrected chi connectivity index (χ3v) is 3.65. The Labute approximate surface area is 156 Å². The summed E-state index contributed by atoms with van der Waals surface area (Å²) in [6, 6.07) is 9.56. The van der Waals surface area contributed by atoms with Crippen LogP contribution in [-0.4, -0.2) is 39.7 Å². The second-order valence-electron chi connectivity index (χ2n) is 4.87. The molecule has 3 aromatic rings. The molecule has 0 unspecified atom stereocenters. The number of fused-ring (bicyclic) bond motifs is 1. The monoisotopic (exact) mass is 448 g/mol. The summed E-state index contributed by atoms with van der Waals surface area (Å²) in [7, 11) is 3.84. The minimum atomic E-state index is 0.548. The predicted octanol–water partition coefficient (Wildman–Crippen LogP) is 4.03. The number of nitriles is 1. The van der Waals surface area contributed by atoms with Crippen LogP contribution in [0.5, 0.6) is 0 Å². The number of imidazole rings is 1. The lowest BCUT2D eigenvalue weighted by Gasteiger charge is -2.01. The van der Waals surface area contributed by atoms with Crippen LogP contribution in [0.25, 0.3) is 5.65 Å². The van der Waals surface area contributed by atoms with E-state index >= 15 is 0 Å². The highest BCUT2D eigenvalue weighted by molar-refractivity contribution is 9.10. The van der Waals surface area contributed by atoms with Gasteiger partial charge in [0.05, 0.1) is 12.5 Å². The minimum absolute atomic E-state index is 0.548. The van der Waals surface area contributed by atoms with E-state index in [-0.39, 0.29) is 0 Å². The van der Waals surface area contributed by atoms with Crippen molar-refractivity contribution in [1.82, 2.24) is 19.3 Å². The van der Waals surface area contributed by atoms with E-state index in [4.69, 9.17) is 5.26 Å². The second-order valence-corrected chi connectivity index (χ2v) is 6.70. The fourth-order valence-electron chi connectivity index (χ4n) is 1.66. The van der Waals surface area contributed by atoms with Gasteiger partial charge in [-0.05, 0) is 56.1 Å². The molecule has 0 aromatic carbocycles. The smallest absolute Gasteiger partial charge is 0.153 e. The number of nitrogens with zero attached hydrogens (tertiary/aromatic N) is 6. The van der Waals surface area contributed by atoms with Gasteiger partial charge < -0.3 is 4.90 Å². The van der Waals surface area contributed by atoms with Gasteiger partial charge in [-0.2, -0.15) is 5.26 Å². The summed E-state index contributed by atoms with van der Waals surface area (Å²) in [5.74, 6) is 0.715. The maximum absolute atomic E-state index is 8.69. The summed E-state index contributed by atoms with van der Waals surface area (Å²) < 4.78 is 3.64. The van der Waals surface area contributed by atoms with Crippen LogP contribution in [0.1, 0.15) is 5.69 Å². The largest absolute Gasteiger partial charge is 0.369 e. The molecule has 0 aliphatic carbocycles. The number of aromatic nitrogens is 3. The Morgan fingerprint density at radius 1 is 1.12 bits per heavy atom. The number of halogens is 2. The van der Waals surface area contributed by atoms with E-state index < -0.39 is 0 Å². The van der Waals surface area contributed by atoms with Gasteiger partial charge in [-0.3, -0.25) is 4.40 Å². The van der Waals surface area contributed by atoms with Gasteiger partial charge in [-0.1, -0.05) is 0 Å². The molecule has 3 rings (SSSR count). The van der Waals surface area contributed by atoms with Crippen molar-refractivity contribution in [2.24, 2.45) is 4.99 Å². The number of rotatable bonds is 2. The molecule has 8 heteroatoms. The first kappa shape index (κ1) is 18.1. The van der Waals surface area contributed by atoms with Gasteiger partial charge in [0.1, 0.15) is 17.4 Å². The molecule has 0 atom stereocenters. The quantitative estimate of drug-likeness (QED) is 0.437. The molecule has 24 heavy (non-hydrogen) atoms. The van der Waals surface area contributed by atoms with Crippen molar-refractivity contribution >= 4 is 49.7 Å². The molecule has 0 radical (unpaired) electrons. The topological polar surface area (TPSA) is 69.6 Å². The van der Waals surface area contributed by atoms with Crippen LogP contribution in [0.3, 0.4) is 0 Å². The molecule has 0 aliphatic heterocycles. The van der Waals surface area contributed by atoms with E-state index in [1.165, 1.54) is 0 Å². The molecule has 0 saturated heterocycles. The zero-order chi connectivity index (χ0) is 17.5. The first-order chi connectivity index (χ1) is 11.5. The molecule has 0 fully saturated rings. The molecule has 0 bridgehead atoms. The summed E-state index contributed by atoms with van der Waals surface area (Å²) in [5.41, 5.74) is 1.33. The molecule has 0 spiro atoms. The Morgan fingerprint density at radius 3 is 2.50 bits per heavy atom. The lowest BCUT2D eigenvalue weighted by atomic mass is 10.4. The van der Waals surface area contributed by atoms with Crippen LogP contribution in [-0.2, 0) is 0 Å². The molecule has 0 amide bonds. The zero-order valence-electron chi connectivity index (χ0n) is 13.1. The average molecular weight is 450 g/mol. The lowest BCUT2D eigenvalue weighted by Crippen LogP contribution is -2.07. The fourth-order valence-corrected chi connectivity index (χ4v) is 2.23. The highest BCUT2D eigenvalue weighted by atomic mass is 79.9. The van der Waals surface area contributed by atoms with E-state index in [0.717, 1.165) is 14.6 Å². The predicted molar refractivity (Wildman–Crippen MR) is 101 cm³/mol. The van der Waals surface area contributed by atoms with Crippen LogP contribution in [0.15, 0.2) is 56.8 Å². The van der Waals surface area contributed by atoms with Crippen LogP contribution in [0, 0.1) is 11.3 Å². The van der Waals surface area contributed by atoms with Gasteiger partial charge >= 0.3 is 0 Å². The van der Waals surface area contributed by atoms with Crippen molar-refractivity contribution in [2.45, 2.75) is 0 Å². The average Bonchev–Trinajstić information content (AvgIpc) is 2.97. The molecule has 122 valence electrons. The highest BCUT2D eigenvalue weighted by Crippen LogP contribution is 2.13. The van der Waals surface area contributed by atoms with Crippen LogP contribution >= 0.6 is 31.9 Å². The van der Waals surface area contributed by atoms with Gasteiger partial charge in [-0.25, -0.2) is 15.0 Å². The zero-order valence-corrected chi connectivity index (χ0v) is 16.2. The summed E-state index contributed by atoms with van der Waals surface area (Å²) in [6.45, 7) is 0. The minimum Gasteiger partial charge on any atom is -0.369 e. The van der Waals surface area contributed by atoms with Gasteiger partial charge in [0.2, 0.25) is 0 Å².